The smallest absolute Gasteiger partial charge is 0.407 e. The first-order chi connectivity index (χ1) is 23.5. The minimum Gasteiger partial charge on any atom is -0.465 e. The first-order valence-electron chi connectivity index (χ1n) is 17.7. The van der Waals surface area contributed by atoms with Gasteiger partial charge >= 0.3 is 12.1 Å². The van der Waals surface area contributed by atoms with Crippen molar-refractivity contribution in [1.29, 1.82) is 5.26 Å². The molecule has 3 aromatic rings. The predicted molar refractivity (Wildman–Crippen MR) is 179 cm³/mol. The average Bonchev–Trinajstić information content (AvgIpc) is 3.68. The molecule has 1 amide bonds. The maximum atomic E-state index is 12.0. The Kier molecular flexibility index (Phi) is 8.46. The van der Waals surface area contributed by atoms with E-state index in [1.807, 2.05) is 10.9 Å². The average molecular weight is 656 g/mol. The summed E-state index contributed by atoms with van der Waals surface area (Å²) in [5, 5.41) is 25.2. The first-order valence-corrected chi connectivity index (χ1v) is 17.7. The summed E-state index contributed by atoms with van der Waals surface area (Å²) in [6, 6.07) is 7.55. The van der Waals surface area contributed by atoms with E-state index in [4.69, 9.17) is 24.5 Å². The fraction of sp³-hybridized carbons (Fsp3) is 0.629. The lowest BCUT2D eigenvalue weighted by Crippen LogP contribution is -2.55. The van der Waals surface area contributed by atoms with E-state index in [2.05, 4.69) is 39.8 Å². The summed E-state index contributed by atoms with van der Waals surface area (Å²) in [5.41, 5.74) is 5.44. The summed E-state index contributed by atoms with van der Waals surface area (Å²) < 4.78 is 14.6. The van der Waals surface area contributed by atoms with Crippen LogP contribution in [-0.2, 0) is 17.7 Å². The number of hydrogen-bond donors (Lipinski definition) is 1. The van der Waals surface area contributed by atoms with Gasteiger partial charge in [0.2, 0.25) is 0 Å². The van der Waals surface area contributed by atoms with Crippen molar-refractivity contribution < 1.29 is 19.4 Å². The lowest BCUT2D eigenvalue weighted by atomic mass is 10.0. The van der Waals surface area contributed by atoms with Crippen molar-refractivity contribution in [2.75, 3.05) is 55.7 Å². The molecule has 8 rings (SSSR count). The highest BCUT2D eigenvalue weighted by Crippen LogP contribution is 2.38. The highest BCUT2D eigenvalue weighted by atomic mass is 16.5. The number of likely N-dealkylation sites (tertiary alicyclic amines) is 1. The monoisotopic (exact) mass is 655 g/mol. The van der Waals surface area contributed by atoms with Crippen molar-refractivity contribution in [1.82, 2.24) is 29.5 Å². The zero-order valence-corrected chi connectivity index (χ0v) is 27.8. The molecule has 2 aromatic heterocycles. The van der Waals surface area contributed by atoms with Crippen LogP contribution in [0.3, 0.4) is 0 Å². The van der Waals surface area contributed by atoms with Gasteiger partial charge in [0.15, 0.2) is 6.23 Å². The van der Waals surface area contributed by atoms with Gasteiger partial charge < -0.3 is 29.3 Å². The van der Waals surface area contributed by atoms with Crippen molar-refractivity contribution in [2.45, 2.75) is 95.6 Å². The van der Waals surface area contributed by atoms with Gasteiger partial charge in [-0.3, -0.25) is 4.90 Å². The SMILES string of the molecule is Cc1ccc2c(cnn2C2CCCCO2)c1N1CCc2c(nc(OCC3CCCN3C3CC3)nc2N2CCN(C(=O)O)[C@@H](CC#N)C2)C1. The summed E-state index contributed by atoms with van der Waals surface area (Å²) >= 11 is 0. The van der Waals surface area contributed by atoms with Crippen LogP contribution >= 0.6 is 0 Å². The molecule has 0 spiro atoms. The Bertz CT molecular complexity index is 1710. The van der Waals surface area contributed by atoms with Gasteiger partial charge in [-0.25, -0.2) is 9.48 Å². The number of carbonyl (C=O) groups is 1. The molecule has 13 nitrogen and oxygen atoms in total. The third-order valence-corrected chi connectivity index (χ3v) is 10.9. The van der Waals surface area contributed by atoms with Gasteiger partial charge in [0, 0.05) is 55.8 Å². The Hall–Kier alpha value is -4.15. The van der Waals surface area contributed by atoms with E-state index in [-0.39, 0.29) is 12.6 Å². The number of amides is 1. The Morgan fingerprint density at radius 1 is 1.06 bits per heavy atom. The molecule has 4 aliphatic heterocycles. The van der Waals surface area contributed by atoms with Crippen LogP contribution in [0.25, 0.3) is 10.9 Å². The summed E-state index contributed by atoms with van der Waals surface area (Å²) in [7, 11) is 0. The quantitative estimate of drug-likeness (QED) is 0.368. The molecule has 3 atom stereocenters. The Labute approximate surface area is 281 Å². The number of anilines is 2. The minimum absolute atomic E-state index is 0.0361. The molecule has 4 fully saturated rings. The van der Waals surface area contributed by atoms with Gasteiger partial charge in [0.05, 0.1) is 48.2 Å². The van der Waals surface area contributed by atoms with E-state index in [9.17, 15) is 15.2 Å². The standard InChI is InChI=1S/C35H45N9O4/c1-23-7-10-30-28(19-37-44(30)31-6-2-3-18-47-31)32(23)40-15-12-27-29(21-40)38-34(48-22-26-5-4-14-42(26)24-8-9-24)39-33(27)41-16-17-43(35(45)46)25(20-41)11-13-36/h7,10,19,24-26,31H,2-6,8-9,11-12,14-18,20-22H2,1H3,(H,45,46)/t25-,26?,31?/m0/s1. The predicted octanol–water partition coefficient (Wildman–Crippen LogP) is 4.48. The van der Waals surface area contributed by atoms with Crippen LogP contribution in [0, 0.1) is 18.3 Å². The van der Waals surface area contributed by atoms with Crippen LogP contribution < -0.4 is 14.5 Å². The molecule has 5 aliphatic rings. The fourth-order valence-corrected chi connectivity index (χ4v) is 8.36. The van der Waals surface area contributed by atoms with Gasteiger partial charge in [0.1, 0.15) is 12.4 Å². The van der Waals surface area contributed by atoms with E-state index >= 15 is 0 Å². The van der Waals surface area contributed by atoms with E-state index in [0.29, 0.717) is 50.9 Å². The second-order valence-electron chi connectivity index (χ2n) is 14.0. The van der Waals surface area contributed by atoms with Crippen LogP contribution in [0.4, 0.5) is 16.3 Å². The van der Waals surface area contributed by atoms with Crippen LogP contribution in [0.1, 0.15) is 74.4 Å². The molecule has 1 N–H and O–H groups in total. The summed E-state index contributed by atoms with van der Waals surface area (Å²) in [6.07, 6.45) is 9.90. The number of hydrogen-bond acceptors (Lipinski definition) is 10. The van der Waals surface area contributed by atoms with Crippen LogP contribution in [0.5, 0.6) is 6.01 Å². The number of fused-ring (bicyclic) bond motifs is 2. The number of aromatic nitrogens is 4. The molecule has 0 radical (unpaired) electrons. The first kappa shape index (κ1) is 31.1. The van der Waals surface area contributed by atoms with E-state index < -0.39 is 12.1 Å². The second-order valence-corrected chi connectivity index (χ2v) is 14.0. The van der Waals surface area contributed by atoms with Gasteiger partial charge in [0.25, 0.3) is 0 Å². The molecule has 6 heterocycles. The molecular weight excluding hydrogens is 610 g/mol. The number of ether oxygens (including phenoxy) is 2. The highest BCUT2D eigenvalue weighted by Gasteiger charge is 2.38. The topological polar surface area (TPSA) is 136 Å². The van der Waals surface area contributed by atoms with Crippen molar-refractivity contribution in [2.24, 2.45) is 0 Å². The largest absolute Gasteiger partial charge is 0.465 e. The molecule has 48 heavy (non-hydrogen) atoms. The van der Waals surface area contributed by atoms with Crippen molar-refractivity contribution in [3.8, 4) is 12.1 Å². The molecule has 1 aliphatic carbocycles. The van der Waals surface area contributed by atoms with Crippen LogP contribution in [-0.4, -0.2) is 105 Å². The van der Waals surface area contributed by atoms with Gasteiger partial charge in [-0.2, -0.15) is 20.3 Å². The summed E-state index contributed by atoms with van der Waals surface area (Å²) in [5.74, 6) is 0.810. The molecular formula is C35H45N9O4. The number of benzene rings is 1. The molecule has 3 saturated heterocycles. The van der Waals surface area contributed by atoms with E-state index in [0.717, 1.165) is 85.5 Å². The van der Waals surface area contributed by atoms with Crippen molar-refractivity contribution >= 4 is 28.5 Å². The third kappa shape index (κ3) is 5.89. The minimum atomic E-state index is -0.987. The second kappa shape index (κ2) is 13.0. The molecule has 0 bridgehead atoms. The van der Waals surface area contributed by atoms with Gasteiger partial charge in [-0.15, -0.1) is 0 Å². The molecule has 2 unspecified atom stereocenters. The van der Waals surface area contributed by atoms with Gasteiger partial charge in [-0.05, 0) is 76.5 Å². The van der Waals surface area contributed by atoms with E-state index in [1.165, 1.54) is 29.7 Å². The summed E-state index contributed by atoms with van der Waals surface area (Å²) in [4.78, 5) is 30.6. The lowest BCUT2D eigenvalue weighted by Gasteiger charge is -2.41. The van der Waals surface area contributed by atoms with Crippen molar-refractivity contribution in [3.05, 3.63) is 35.2 Å². The maximum absolute atomic E-state index is 12.0. The number of carboxylic acid groups (broad SMARTS) is 1. The zero-order valence-electron chi connectivity index (χ0n) is 27.8. The number of rotatable bonds is 8. The lowest BCUT2D eigenvalue weighted by molar-refractivity contribution is -0.0366. The molecule has 254 valence electrons. The fourth-order valence-electron chi connectivity index (χ4n) is 8.36. The molecule has 1 saturated carbocycles. The summed E-state index contributed by atoms with van der Waals surface area (Å²) in [6.45, 7) is 7.22. The molecule has 1 aromatic carbocycles. The van der Waals surface area contributed by atoms with Crippen molar-refractivity contribution in [3.63, 3.8) is 0 Å². The molecule has 13 heteroatoms. The zero-order chi connectivity index (χ0) is 32.8. The number of nitriles is 1. The van der Waals surface area contributed by atoms with E-state index in [1.54, 1.807) is 0 Å². The maximum Gasteiger partial charge on any atom is 0.407 e. The Balaban J connectivity index is 1.11. The normalized spacial score (nSPS) is 24.9. The highest BCUT2D eigenvalue weighted by molar-refractivity contribution is 5.94. The third-order valence-electron chi connectivity index (χ3n) is 10.9. The number of piperazine rings is 1. The van der Waals surface area contributed by atoms with Crippen LogP contribution in [0.15, 0.2) is 18.3 Å². The number of aryl methyl sites for hydroxylation is 1. The Morgan fingerprint density at radius 3 is 2.75 bits per heavy atom. The van der Waals surface area contributed by atoms with Crippen LogP contribution in [0.2, 0.25) is 0 Å². The Morgan fingerprint density at radius 2 is 1.96 bits per heavy atom. The van der Waals surface area contributed by atoms with Gasteiger partial charge in [-0.1, -0.05) is 6.07 Å². The number of nitrogens with zero attached hydrogens (tertiary/aromatic N) is 9.